The van der Waals surface area contributed by atoms with Crippen LogP contribution in [0.15, 0.2) is 30.3 Å². The monoisotopic (exact) mass is 489 g/mol. The zero-order valence-electron chi connectivity index (χ0n) is 19.2. The average Bonchev–Trinajstić information content (AvgIpc) is 2.97. The van der Waals surface area contributed by atoms with Gasteiger partial charge in [-0.15, -0.1) is 0 Å². The number of hydrogen-bond acceptors (Lipinski definition) is 6. The van der Waals surface area contributed by atoms with Crippen LogP contribution in [-0.4, -0.2) is 25.1 Å². The molecule has 1 aromatic carbocycles. The van der Waals surface area contributed by atoms with Crippen LogP contribution < -0.4 is 5.09 Å². The number of rotatable bonds is 8. The quantitative estimate of drug-likeness (QED) is 0.314. The molecular formula is C22H37NO5P2S. The number of benzene rings is 1. The van der Waals surface area contributed by atoms with Crippen molar-refractivity contribution < 1.29 is 22.7 Å². The Bertz CT molecular complexity index is 801. The predicted molar refractivity (Wildman–Crippen MR) is 129 cm³/mol. The molecule has 0 aromatic heterocycles. The third-order valence-electron chi connectivity index (χ3n) is 6.06. The second kappa shape index (κ2) is 10.4. The summed E-state index contributed by atoms with van der Waals surface area (Å²) in [6.45, 7) is 6.30. The van der Waals surface area contributed by atoms with Gasteiger partial charge >= 0.3 is 7.60 Å². The first-order valence-corrected chi connectivity index (χ1v) is 15.5. The second-order valence-corrected chi connectivity index (χ2v) is 14.5. The molecule has 1 aliphatic heterocycles. The van der Waals surface area contributed by atoms with Crippen molar-refractivity contribution in [3.63, 3.8) is 0 Å². The van der Waals surface area contributed by atoms with Crippen molar-refractivity contribution in [2.75, 3.05) is 19.8 Å². The Morgan fingerprint density at radius 2 is 1.68 bits per heavy atom. The summed E-state index contributed by atoms with van der Waals surface area (Å²) in [4.78, 5) is 0. The van der Waals surface area contributed by atoms with Crippen LogP contribution in [-0.2, 0) is 34.5 Å². The van der Waals surface area contributed by atoms with E-state index in [1.54, 1.807) is 0 Å². The summed E-state index contributed by atoms with van der Waals surface area (Å²) < 4.78 is 39.0. The van der Waals surface area contributed by atoms with Gasteiger partial charge in [0.05, 0.1) is 25.9 Å². The Hall–Kier alpha value is -0.100. The van der Waals surface area contributed by atoms with Crippen LogP contribution in [0.1, 0.15) is 77.9 Å². The third-order valence-corrected chi connectivity index (χ3v) is 11.6. The topological polar surface area (TPSA) is 66.0 Å². The largest absolute Gasteiger partial charge is 0.351 e. The number of nitrogens with one attached hydrogen (secondary N) is 1. The van der Waals surface area contributed by atoms with Gasteiger partial charge in [-0.05, 0) is 44.1 Å². The van der Waals surface area contributed by atoms with E-state index >= 15 is 0 Å². The summed E-state index contributed by atoms with van der Waals surface area (Å²) >= 11 is 5.81. The van der Waals surface area contributed by atoms with Crippen LogP contribution in [0.4, 0.5) is 0 Å². The highest BCUT2D eigenvalue weighted by Gasteiger charge is 2.58. The van der Waals surface area contributed by atoms with E-state index in [0.717, 1.165) is 31.2 Å². The van der Waals surface area contributed by atoms with Crippen molar-refractivity contribution in [2.24, 2.45) is 5.41 Å². The maximum atomic E-state index is 14.6. The highest BCUT2D eigenvalue weighted by atomic mass is 32.5. The molecule has 0 bridgehead atoms. The standard InChI is InChI=1S/C22H37NO5P2S/c1-5-25-30(31,26-6-2)23-22(16-12-7-8-13-17-22)29(24)27-18-21(3,4)20(28-29)19-14-10-9-11-15-19/h9-11,14-15,20H,5-8,12-13,16-18H2,1-4H3,(H,23,31)/t20-,29?/m0/s1. The van der Waals surface area contributed by atoms with E-state index in [-0.39, 0.29) is 11.5 Å². The molecule has 176 valence electrons. The van der Waals surface area contributed by atoms with Crippen LogP contribution >= 0.6 is 14.2 Å². The molecule has 1 aliphatic carbocycles. The van der Waals surface area contributed by atoms with Crippen molar-refractivity contribution in [3.05, 3.63) is 35.9 Å². The molecule has 1 unspecified atom stereocenters. The van der Waals surface area contributed by atoms with Gasteiger partial charge < -0.3 is 13.6 Å². The van der Waals surface area contributed by atoms with Gasteiger partial charge in [0.2, 0.25) is 0 Å². The van der Waals surface area contributed by atoms with Gasteiger partial charge in [0.25, 0.3) is 6.64 Å². The molecule has 1 aromatic rings. The molecule has 3 rings (SSSR count). The minimum absolute atomic E-state index is 0.318. The lowest BCUT2D eigenvalue weighted by Crippen LogP contribution is -2.47. The Balaban J connectivity index is 2.01. The first kappa shape index (κ1) is 25.5. The van der Waals surface area contributed by atoms with Gasteiger partial charge in [-0.25, -0.2) is 5.09 Å². The van der Waals surface area contributed by atoms with Gasteiger partial charge in [-0.2, -0.15) is 0 Å². The maximum Gasteiger partial charge on any atom is 0.351 e. The normalized spacial score (nSPS) is 28.7. The Morgan fingerprint density at radius 3 is 2.23 bits per heavy atom. The van der Waals surface area contributed by atoms with Gasteiger partial charge in [0, 0.05) is 5.41 Å². The summed E-state index contributed by atoms with van der Waals surface area (Å²) in [6.07, 6.45) is 5.00. The summed E-state index contributed by atoms with van der Waals surface area (Å²) in [6, 6.07) is 10.0. The fraction of sp³-hybridized carbons (Fsp3) is 0.727. The van der Waals surface area contributed by atoms with E-state index in [9.17, 15) is 4.57 Å². The van der Waals surface area contributed by atoms with E-state index in [2.05, 4.69) is 18.9 Å². The van der Waals surface area contributed by atoms with Crippen molar-refractivity contribution >= 4 is 26.0 Å². The predicted octanol–water partition coefficient (Wildman–Crippen LogP) is 6.93. The van der Waals surface area contributed by atoms with Crippen molar-refractivity contribution in [2.45, 2.75) is 77.6 Å². The Labute approximate surface area is 192 Å². The summed E-state index contributed by atoms with van der Waals surface area (Å²) in [5.41, 5.74) is 0.690. The lowest BCUT2D eigenvalue weighted by molar-refractivity contribution is -0.0356. The molecular weight excluding hydrogens is 452 g/mol. The Morgan fingerprint density at radius 1 is 1.10 bits per heavy atom. The van der Waals surface area contributed by atoms with Crippen molar-refractivity contribution in [1.29, 1.82) is 0 Å². The van der Waals surface area contributed by atoms with Crippen LogP contribution in [0, 0.1) is 5.41 Å². The first-order valence-electron chi connectivity index (χ1n) is 11.4. The smallest absolute Gasteiger partial charge is 0.318 e. The van der Waals surface area contributed by atoms with Crippen LogP contribution in [0.25, 0.3) is 0 Å². The van der Waals surface area contributed by atoms with E-state index in [4.69, 9.17) is 29.9 Å². The zero-order chi connectivity index (χ0) is 22.6. The van der Waals surface area contributed by atoms with Crippen LogP contribution in [0.2, 0.25) is 0 Å². The van der Waals surface area contributed by atoms with E-state index in [1.165, 1.54) is 0 Å². The van der Waals surface area contributed by atoms with E-state index in [0.29, 0.717) is 32.7 Å². The molecule has 1 heterocycles. The lowest BCUT2D eigenvalue weighted by atomic mass is 9.83. The molecule has 2 fully saturated rings. The molecule has 31 heavy (non-hydrogen) atoms. The fourth-order valence-electron chi connectivity index (χ4n) is 4.46. The zero-order valence-corrected chi connectivity index (χ0v) is 21.8. The Kier molecular flexibility index (Phi) is 8.60. The average molecular weight is 490 g/mol. The molecule has 1 N–H and O–H groups in total. The van der Waals surface area contributed by atoms with Gasteiger partial charge in [-0.3, -0.25) is 9.09 Å². The molecule has 6 nitrogen and oxygen atoms in total. The van der Waals surface area contributed by atoms with Gasteiger partial charge in [0.1, 0.15) is 5.28 Å². The van der Waals surface area contributed by atoms with Crippen molar-refractivity contribution in [1.82, 2.24) is 5.09 Å². The minimum atomic E-state index is -3.60. The van der Waals surface area contributed by atoms with Gasteiger partial charge in [-0.1, -0.05) is 69.9 Å². The minimum Gasteiger partial charge on any atom is -0.318 e. The van der Waals surface area contributed by atoms with E-state index in [1.807, 2.05) is 44.2 Å². The van der Waals surface area contributed by atoms with Crippen molar-refractivity contribution in [3.8, 4) is 0 Å². The molecule has 0 amide bonds. The first-order chi connectivity index (χ1) is 14.7. The second-order valence-electron chi connectivity index (χ2n) is 9.05. The molecule has 2 atom stereocenters. The van der Waals surface area contributed by atoms with E-state index < -0.39 is 19.5 Å². The summed E-state index contributed by atoms with van der Waals surface area (Å²) in [5.74, 6) is 0. The molecule has 1 saturated carbocycles. The molecule has 0 spiro atoms. The molecule has 0 radical (unpaired) electrons. The molecule has 2 aliphatic rings. The molecule has 9 heteroatoms. The van der Waals surface area contributed by atoms with Crippen LogP contribution in [0.3, 0.4) is 0 Å². The SMILES string of the molecule is CCOP(=S)(NC1(P2(=O)OCC(C)(C)[C@H](c3ccccc3)O2)CCCCCC1)OCC. The van der Waals surface area contributed by atoms with Crippen LogP contribution in [0.5, 0.6) is 0 Å². The third kappa shape index (κ3) is 5.70. The highest BCUT2D eigenvalue weighted by Crippen LogP contribution is 2.72. The van der Waals surface area contributed by atoms with Gasteiger partial charge in [0.15, 0.2) is 0 Å². The fourth-order valence-corrected chi connectivity index (χ4v) is 10.9. The number of hydrogen-bond donors (Lipinski definition) is 1. The lowest BCUT2D eigenvalue weighted by Gasteiger charge is -2.49. The maximum absolute atomic E-state index is 14.6. The highest BCUT2D eigenvalue weighted by molar-refractivity contribution is 8.09. The summed E-state index contributed by atoms with van der Waals surface area (Å²) in [5, 5.41) is 2.56. The molecule has 1 saturated heterocycles. The summed E-state index contributed by atoms with van der Waals surface area (Å²) in [7, 11) is -3.60.